The second-order valence-corrected chi connectivity index (χ2v) is 5.13. The van der Waals surface area contributed by atoms with E-state index in [2.05, 4.69) is 5.32 Å². The minimum Gasteiger partial charge on any atom is -0.494 e. The van der Waals surface area contributed by atoms with Crippen LogP contribution in [0, 0.1) is 0 Å². The molecule has 6 nitrogen and oxygen atoms in total. The van der Waals surface area contributed by atoms with Gasteiger partial charge in [-0.3, -0.25) is 9.59 Å². The van der Waals surface area contributed by atoms with E-state index in [0.29, 0.717) is 25.3 Å². The number of amides is 1. The molecule has 1 aromatic heterocycles. The number of benzene rings is 1. The van der Waals surface area contributed by atoms with Crippen molar-refractivity contribution in [1.82, 2.24) is 5.32 Å². The van der Waals surface area contributed by atoms with Crippen LogP contribution in [0.1, 0.15) is 36.7 Å². The minimum atomic E-state index is -0.343. The maximum Gasteiger partial charge on any atom is 0.311 e. The van der Waals surface area contributed by atoms with E-state index in [4.69, 9.17) is 13.9 Å². The van der Waals surface area contributed by atoms with Gasteiger partial charge in [0.05, 0.1) is 12.9 Å². The smallest absolute Gasteiger partial charge is 0.311 e. The number of carbonyl (C=O) groups is 2. The van der Waals surface area contributed by atoms with Crippen LogP contribution >= 0.6 is 0 Å². The Morgan fingerprint density at radius 1 is 1.12 bits per heavy atom. The summed E-state index contributed by atoms with van der Waals surface area (Å²) in [5.41, 5.74) is 0. The topological polar surface area (TPSA) is 77.8 Å². The fraction of sp³-hybridized carbons (Fsp3) is 0.333. The molecule has 6 heteroatoms. The van der Waals surface area contributed by atoms with Gasteiger partial charge < -0.3 is 19.2 Å². The summed E-state index contributed by atoms with van der Waals surface area (Å²) < 4.78 is 15.7. The third-order valence-corrected chi connectivity index (χ3v) is 3.12. The standard InChI is InChI=1S/C18H21NO5/c1-2-12-22-14-7-9-15(10-8-14)24-17(20)6-3-11-19-18(21)16-5-4-13-23-16/h4-5,7-10,13H,2-3,6,11-12H2,1H3,(H,19,21). The van der Waals surface area contributed by atoms with Crippen LogP contribution in [0.3, 0.4) is 0 Å². The summed E-state index contributed by atoms with van der Waals surface area (Å²) in [6.45, 7) is 3.06. The average Bonchev–Trinajstić information content (AvgIpc) is 3.12. The maximum absolute atomic E-state index is 11.8. The molecule has 1 N–H and O–H groups in total. The van der Waals surface area contributed by atoms with Gasteiger partial charge in [0.25, 0.3) is 5.91 Å². The van der Waals surface area contributed by atoms with Gasteiger partial charge in [-0.25, -0.2) is 0 Å². The zero-order valence-corrected chi connectivity index (χ0v) is 13.6. The van der Waals surface area contributed by atoms with Crippen molar-refractivity contribution >= 4 is 11.9 Å². The van der Waals surface area contributed by atoms with E-state index in [-0.39, 0.29) is 24.1 Å². The van der Waals surface area contributed by atoms with Crippen LogP contribution in [0.15, 0.2) is 47.1 Å². The fourth-order valence-corrected chi connectivity index (χ4v) is 1.94. The Morgan fingerprint density at radius 3 is 2.54 bits per heavy atom. The molecular formula is C18H21NO5. The molecule has 0 radical (unpaired) electrons. The molecule has 1 heterocycles. The Morgan fingerprint density at radius 2 is 1.88 bits per heavy atom. The molecule has 0 unspecified atom stereocenters. The Kier molecular flexibility index (Phi) is 6.89. The Balaban J connectivity index is 1.65. The third-order valence-electron chi connectivity index (χ3n) is 3.12. The first kappa shape index (κ1) is 17.6. The highest BCUT2D eigenvalue weighted by Gasteiger charge is 2.09. The predicted octanol–water partition coefficient (Wildman–Crippen LogP) is 3.18. The number of hydrogen-bond acceptors (Lipinski definition) is 5. The van der Waals surface area contributed by atoms with Crippen molar-refractivity contribution in [3.63, 3.8) is 0 Å². The molecule has 0 saturated heterocycles. The number of esters is 1. The first-order valence-corrected chi connectivity index (χ1v) is 7.94. The van der Waals surface area contributed by atoms with Crippen molar-refractivity contribution in [2.45, 2.75) is 26.2 Å². The molecule has 0 aliphatic carbocycles. The molecule has 0 fully saturated rings. The second-order valence-electron chi connectivity index (χ2n) is 5.13. The normalized spacial score (nSPS) is 10.2. The average molecular weight is 331 g/mol. The minimum absolute atomic E-state index is 0.215. The molecule has 24 heavy (non-hydrogen) atoms. The van der Waals surface area contributed by atoms with Crippen LogP contribution < -0.4 is 14.8 Å². The van der Waals surface area contributed by atoms with Gasteiger partial charge in [0, 0.05) is 13.0 Å². The number of ether oxygens (including phenoxy) is 2. The van der Waals surface area contributed by atoms with Gasteiger partial charge in [0.15, 0.2) is 5.76 Å². The van der Waals surface area contributed by atoms with Crippen molar-refractivity contribution in [3.05, 3.63) is 48.4 Å². The van der Waals surface area contributed by atoms with Crippen LogP contribution in [-0.2, 0) is 4.79 Å². The van der Waals surface area contributed by atoms with Crippen molar-refractivity contribution in [2.75, 3.05) is 13.2 Å². The number of carbonyl (C=O) groups excluding carboxylic acids is 2. The third kappa shape index (κ3) is 5.79. The summed E-state index contributed by atoms with van der Waals surface area (Å²) in [7, 11) is 0. The van der Waals surface area contributed by atoms with Crippen LogP contribution in [0.4, 0.5) is 0 Å². The van der Waals surface area contributed by atoms with Crippen LogP contribution in [0.2, 0.25) is 0 Å². The van der Waals surface area contributed by atoms with Gasteiger partial charge in [-0.15, -0.1) is 0 Å². The zero-order valence-electron chi connectivity index (χ0n) is 13.6. The number of rotatable bonds is 9. The van der Waals surface area contributed by atoms with E-state index in [0.717, 1.165) is 12.2 Å². The van der Waals surface area contributed by atoms with Gasteiger partial charge in [0.1, 0.15) is 11.5 Å². The summed E-state index contributed by atoms with van der Waals surface area (Å²) in [4.78, 5) is 23.4. The lowest BCUT2D eigenvalue weighted by Gasteiger charge is -2.07. The lowest BCUT2D eigenvalue weighted by Crippen LogP contribution is -2.24. The molecule has 0 aliphatic heterocycles. The molecule has 1 aromatic carbocycles. The highest BCUT2D eigenvalue weighted by Crippen LogP contribution is 2.18. The first-order chi connectivity index (χ1) is 11.7. The fourth-order valence-electron chi connectivity index (χ4n) is 1.94. The van der Waals surface area contributed by atoms with E-state index >= 15 is 0 Å². The Bertz CT molecular complexity index is 634. The van der Waals surface area contributed by atoms with E-state index in [9.17, 15) is 9.59 Å². The molecule has 2 aromatic rings. The van der Waals surface area contributed by atoms with Crippen molar-refractivity contribution < 1.29 is 23.5 Å². The highest BCUT2D eigenvalue weighted by atomic mass is 16.5. The summed E-state index contributed by atoms with van der Waals surface area (Å²) in [5, 5.41) is 2.67. The van der Waals surface area contributed by atoms with Crippen molar-refractivity contribution in [3.8, 4) is 11.5 Å². The molecule has 2 rings (SSSR count). The number of furan rings is 1. The Hall–Kier alpha value is -2.76. The van der Waals surface area contributed by atoms with Crippen LogP contribution in [0.25, 0.3) is 0 Å². The summed E-state index contributed by atoms with van der Waals surface area (Å²) in [6.07, 6.45) is 3.08. The predicted molar refractivity (Wildman–Crippen MR) is 88.1 cm³/mol. The quantitative estimate of drug-likeness (QED) is 0.434. The second kappa shape index (κ2) is 9.39. The van der Waals surface area contributed by atoms with Gasteiger partial charge in [0.2, 0.25) is 0 Å². The molecule has 128 valence electrons. The van der Waals surface area contributed by atoms with Gasteiger partial charge in [-0.2, -0.15) is 0 Å². The van der Waals surface area contributed by atoms with Crippen molar-refractivity contribution in [1.29, 1.82) is 0 Å². The Labute approximate surface area is 140 Å². The SMILES string of the molecule is CCCOc1ccc(OC(=O)CCCNC(=O)c2ccco2)cc1. The van der Waals surface area contributed by atoms with Gasteiger partial charge in [-0.05, 0) is 49.2 Å². The molecule has 0 spiro atoms. The maximum atomic E-state index is 11.8. The van der Waals surface area contributed by atoms with E-state index in [1.165, 1.54) is 6.26 Å². The highest BCUT2D eigenvalue weighted by molar-refractivity contribution is 5.91. The lowest BCUT2D eigenvalue weighted by atomic mass is 10.3. The van der Waals surface area contributed by atoms with E-state index in [1.807, 2.05) is 6.92 Å². The lowest BCUT2D eigenvalue weighted by molar-refractivity contribution is -0.134. The monoisotopic (exact) mass is 331 g/mol. The first-order valence-electron chi connectivity index (χ1n) is 7.94. The van der Waals surface area contributed by atoms with Crippen molar-refractivity contribution in [2.24, 2.45) is 0 Å². The van der Waals surface area contributed by atoms with Crippen LogP contribution in [-0.4, -0.2) is 25.0 Å². The summed E-state index contributed by atoms with van der Waals surface area (Å²) in [5.74, 6) is 0.837. The summed E-state index contributed by atoms with van der Waals surface area (Å²) in [6, 6.07) is 10.1. The largest absolute Gasteiger partial charge is 0.494 e. The molecule has 0 bridgehead atoms. The molecule has 0 atom stereocenters. The zero-order chi connectivity index (χ0) is 17.2. The molecule has 0 saturated carbocycles. The van der Waals surface area contributed by atoms with E-state index < -0.39 is 0 Å². The van der Waals surface area contributed by atoms with Gasteiger partial charge >= 0.3 is 5.97 Å². The van der Waals surface area contributed by atoms with Gasteiger partial charge in [-0.1, -0.05) is 6.92 Å². The molecule has 1 amide bonds. The van der Waals surface area contributed by atoms with Crippen LogP contribution in [0.5, 0.6) is 11.5 Å². The number of nitrogens with one attached hydrogen (secondary N) is 1. The summed E-state index contributed by atoms with van der Waals surface area (Å²) >= 11 is 0. The number of hydrogen-bond donors (Lipinski definition) is 1. The molecule has 0 aliphatic rings. The molecular weight excluding hydrogens is 310 g/mol. The van der Waals surface area contributed by atoms with E-state index in [1.54, 1.807) is 36.4 Å².